The van der Waals surface area contributed by atoms with Gasteiger partial charge in [-0.3, -0.25) is 4.79 Å². The zero-order chi connectivity index (χ0) is 11.8. The second kappa shape index (κ2) is 7.44. The zero-order valence-electron chi connectivity index (χ0n) is 10.4. The van der Waals surface area contributed by atoms with Gasteiger partial charge in [0.15, 0.2) is 0 Å². The normalized spacial score (nSPS) is 19.7. The highest BCUT2D eigenvalue weighted by Gasteiger charge is 2.24. The van der Waals surface area contributed by atoms with Crippen molar-refractivity contribution in [3.8, 4) is 0 Å². The molecular formula is C13H24N2O. The van der Waals surface area contributed by atoms with Gasteiger partial charge in [-0.1, -0.05) is 13.0 Å². The van der Waals surface area contributed by atoms with Gasteiger partial charge in [-0.05, 0) is 32.2 Å². The maximum Gasteiger partial charge on any atom is 0.222 e. The van der Waals surface area contributed by atoms with E-state index in [2.05, 4.69) is 23.7 Å². The minimum Gasteiger partial charge on any atom is -0.338 e. The van der Waals surface area contributed by atoms with Crippen molar-refractivity contribution in [1.29, 1.82) is 0 Å². The molecule has 1 amide bonds. The Morgan fingerprint density at radius 3 is 3.00 bits per heavy atom. The zero-order valence-corrected chi connectivity index (χ0v) is 10.4. The van der Waals surface area contributed by atoms with Crippen molar-refractivity contribution in [1.82, 2.24) is 10.2 Å². The number of nitrogens with one attached hydrogen (secondary N) is 1. The topological polar surface area (TPSA) is 32.3 Å². The van der Waals surface area contributed by atoms with E-state index in [1.165, 1.54) is 0 Å². The van der Waals surface area contributed by atoms with E-state index in [9.17, 15) is 4.79 Å². The molecule has 1 unspecified atom stereocenters. The van der Waals surface area contributed by atoms with E-state index in [4.69, 9.17) is 0 Å². The van der Waals surface area contributed by atoms with Gasteiger partial charge in [-0.25, -0.2) is 0 Å². The highest BCUT2D eigenvalue weighted by atomic mass is 16.2. The first-order chi connectivity index (χ1) is 7.79. The predicted molar refractivity (Wildman–Crippen MR) is 67.3 cm³/mol. The van der Waals surface area contributed by atoms with Crippen LogP contribution in [-0.2, 0) is 4.79 Å². The van der Waals surface area contributed by atoms with Crippen LogP contribution in [0.2, 0.25) is 0 Å². The Morgan fingerprint density at radius 1 is 1.62 bits per heavy atom. The van der Waals surface area contributed by atoms with E-state index in [1.807, 2.05) is 6.08 Å². The second-order valence-electron chi connectivity index (χ2n) is 4.41. The van der Waals surface area contributed by atoms with Gasteiger partial charge in [0.1, 0.15) is 0 Å². The molecule has 0 aromatic heterocycles. The number of carbonyl (C=O) groups is 1. The van der Waals surface area contributed by atoms with Crippen LogP contribution < -0.4 is 5.32 Å². The molecule has 1 saturated heterocycles. The summed E-state index contributed by atoms with van der Waals surface area (Å²) in [5, 5.41) is 3.32. The lowest BCUT2D eigenvalue weighted by Gasteiger charge is -2.28. The number of carbonyl (C=O) groups excluding carboxylic acids is 1. The van der Waals surface area contributed by atoms with E-state index >= 15 is 0 Å². The quantitative estimate of drug-likeness (QED) is 0.529. The molecule has 0 saturated carbocycles. The van der Waals surface area contributed by atoms with Gasteiger partial charge in [0.2, 0.25) is 5.91 Å². The standard InChI is InChI=1S/C13H24N2O/c1-3-5-6-7-13(16)15(10-4-2)12-8-9-14-11-12/h3,12,14H,1,4-11H2,2H3. The molecule has 1 rings (SSSR count). The third-order valence-corrected chi connectivity index (χ3v) is 3.06. The van der Waals surface area contributed by atoms with Crippen LogP contribution in [-0.4, -0.2) is 36.5 Å². The molecule has 0 radical (unpaired) electrons. The number of unbranched alkanes of at least 4 members (excludes halogenated alkanes) is 1. The number of allylic oxidation sites excluding steroid dienone is 1. The van der Waals surface area contributed by atoms with Crippen LogP contribution in [0.1, 0.15) is 39.0 Å². The van der Waals surface area contributed by atoms with Crippen LogP contribution >= 0.6 is 0 Å². The van der Waals surface area contributed by atoms with Crippen molar-refractivity contribution >= 4 is 5.91 Å². The molecule has 1 heterocycles. The summed E-state index contributed by atoms with van der Waals surface area (Å²) >= 11 is 0. The van der Waals surface area contributed by atoms with Gasteiger partial charge in [-0.2, -0.15) is 0 Å². The van der Waals surface area contributed by atoms with Crippen LogP contribution in [0.15, 0.2) is 12.7 Å². The molecule has 0 aromatic rings. The molecule has 0 aliphatic carbocycles. The minimum absolute atomic E-state index is 0.317. The third kappa shape index (κ3) is 3.97. The summed E-state index contributed by atoms with van der Waals surface area (Å²) in [6.45, 7) is 8.73. The fourth-order valence-corrected chi connectivity index (χ4v) is 2.20. The molecule has 3 heteroatoms. The van der Waals surface area contributed by atoms with E-state index < -0.39 is 0 Å². The monoisotopic (exact) mass is 224 g/mol. The Balaban J connectivity index is 2.40. The van der Waals surface area contributed by atoms with Gasteiger partial charge >= 0.3 is 0 Å². The highest BCUT2D eigenvalue weighted by molar-refractivity contribution is 5.76. The van der Waals surface area contributed by atoms with Gasteiger partial charge in [0, 0.05) is 25.6 Å². The second-order valence-corrected chi connectivity index (χ2v) is 4.41. The number of amides is 1. The van der Waals surface area contributed by atoms with E-state index in [0.717, 1.165) is 45.3 Å². The summed E-state index contributed by atoms with van der Waals surface area (Å²) in [7, 11) is 0. The van der Waals surface area contributed by atoms with Crippen molar-refractivity contribution in [3.05, 3.63) is 12.7 Å². The van der Waals surface area contributed by atoms with Crippen molar-refractivity contribution in [2.24, 2.45) is 0 Å². The SMILES string of the molecule is C=CCCCC(=O)N(CCC)C1CCNC1. The maximum atomic E-state index is 12.1. The first kappa shape index (κ1) is 13.2. The lowest BCUT2D eigenvalue weighted by molar-refractivity contribution is -0.133. The molecule has 1 atom stereocenters. The number of hydrogen-bond acceptors (Lipinski definition) is 2. The highest BCUT2D eigenvalue weighted by Crippen LogP contribution is 2.12. The molecule has 1 N–H and O–H groups in total. The number of nitrogens with zero attached hydrogens (tertiary/aromatic N) is 1. The average molecular weight is 224 g/mol. The lowest BCUT2D eigenvalue weighted by Crippen LogP contribution is -2.41. The summed E-state index contributed by atoms with van der Waals surface area (Å²) < 4.78 is 0. The van der Waals surface area contributed by atoms with Crippen molar-refractivity contribution in [2.75, 3.05) is 19.6 Å². The third-order valence-electron chi connectivity index (χ3n) is 3.06. The summed E-state index contributed by atoms with van der Waals surface area (Å²) in [6.07, 6.45) is 6.57. The van der Waals surface area contributed by atoms with Crippen molar-refractivity contribution in [3.63, 3.8) is 0 Å². The molecule has 0 bridgehead atoms. The minimum atomic E-state index is 0.317. The fraction of sp³-hybridized carbons (Fsp3) is 0.769. The van der Waals surface area contributed by atoms with Crippen LogP contribution in [0.3, 0.4) is 0 Å². The first-order valence-corrected chi connectivity index (χ1v) is 6.40. The van der Waals surface area contributed by atoms with Crippen LogP contribution in [0.5, 0.6) is 0 Å². The largest absolute Gasteiger partial charge is 0.338 e. The van der Waals surface area contributed by atoms with Gasteiger partial charge in [-0.15, -0.1) is 6.58 Å². The van der Waals surface area contributed by atoms with E-state index in [-0.39, 0.29) is 0 Å². The van der Waals surface area contributed by atoms with Crippen LogP contribution in [0.25, 0.3) is 0 Å². The molecule has 16 heavy (non-hydrogen) atoms. The first-order valence-electron chi connectivity index (χ1n) is 6.40. The Labute approximate surface area is 98.9 Å². The molecule has 1 fully saturated rings. The molecule has 0 aromatic carbocycles. The van der Waals surface area contributed by atoms with Crippen LogP contribution in [0.4, 0.5) is 0 Å². The summed E-state index contributed by atoms with van der Waals surface area (Å²) in [4.78, 5) is 14.1. The summed E-state index contributed by atoms with van der Waals surface area (Å²) in [5.74, 6) is 0.317. The molecule has 3 nitrogen and oxygen atoms in total. The van der Waals surface area contributed by atoms with Crippen molar-refractivity contribution < 1.29 is 4.79 Å². The maximum absolute atomic E-state index is 12.1. The smallest absolute Gasteiger partial charge is 0.222 e. The summed E-state index contributed by atoms with van der Waals surface area (Å²) in [6, 6.07) is 0.427. The molecule has 92 valence electrons. The average Bonchev–Trinajstić information content (AvgIpc) is 2.79. The van der Waals surface area contributed by atoms with E-state index in [0.29, 0.717) is 18.4 Å². The van der Waals surface area contributed by atoms with Crippen LogP contribution in [0, 0.1) is 0 Å². The summed E-state index contributed by atoms with van der Waals surface area (Å²) in [5.41, 5.74) is 0. The lowest BCUT2D eigenvalue weighted by atomic mass is 10.1. The number of hydrogen-bond donors (Lipinski definition) is 1. The molecule has 1 aliphatic heterocycles. The van der Waals surface area contributed by atoms with E-state index in [1.54, 1.807) is 0 Å². The molecular weight excluding hydrogens is 200 g/mol. The Bertz CT molecular complexity index is 222. The van der Waals surface area contributed by atoms with Crippen molar-refractivity contribution in [2.45, 2.75) is 45.1 Å². The number of rotatable bonds is 7. The Kier molecular flexibility index (Phi) is 6.16. The molecule has 1 aliphatic rings. The van der Waals surface area contributed by atoms with Gasteiger partial charge in [0.25, 0.3) is 0 Å². The Morgan fingerprint density at radius 2 is 2.44 bits per heavy atom. The van der Waals surface area contributed by atoms with Gasteiger partial charge < -0.3 is 10.2 Å². The van der Waals surface area contributed by atoms with Gasteiger partial charge in [0.05, 0.1) is 0 Å². The Hall–Kier alpha value is -0.830. The fourth-order valence-electron chi connectivity index (χ4n) is 2.20. The molecule has 0 spiro atoms. The predicted octanol–water partition coefficient (Wildman–Crippen LogP) is 1.94.